The average molecular weight is 391 g/mol. The first kappa shape index (κ1) is 15.7. The molecule has 0 saturated heterocycles. The van der Waals surface area contributed by atoms with Crippen molar-refractivity contribution in [3.05, 3.63) is 64.6 Å². The Morgan fingerprint density at radius 2 is 2.07 bits per heavy atom. The van der Waals surface area contributed by atoms with Crippen LogP contribution >= 0.6 is 0 Å². The predicted octanol–water partition coefficient (Wildman–Crippen LogP) is 4.08. The van der Waals surface area contributed by atoms with Gasteiger partial charge in [0, 0.05) is 28.8 Å². The molecule has 1 fully saturated rings. The first-order valence-corrected chi connectivity index (χ1v) is 9.61. The van der Waals surface area contributed by atoms with Gasteiger partial charge in [0.15, 0.2) is 11.5 Å². The monoisotopic (exact) mass is 391 g/mol. The molecule has 3 heterocycles. The Hall–Kier alpha value is -3.22. The maximum absolute atomic E-state index is 12.7. The Balaban J connectivity index is 1.70. The summed E-state index contributed by atoms with van der Waals surface area (Å²) >= 11 is 0. The number of ketones is 1. The largest absolute Gasteiger partial charge is 0.338 e. The van der Waals surface area contributed by atoms with Crippen molar-refractivity contribution in [3.63, 3.8) is 0 Å². The molecule has 1 saturated carbocycles. The van der Waals surface area contributed by atoms with E-state index in [1.54, 1.807) is 12.3 Å². The summed E-state index contributed by atoms with van der Waals surface area (Å²) in [5, 5.41) is 11.5. The highest BCUT2D eigenvalue weighted by atomic mass is 16.1. The summed E-state index contributed by atoms with van der Waals surface area (Å²) in [5.41, 5.74) is 3.69. The highest BCUT2D eigenvalue weighted by Crippen LogP contribution is 2.43. The molecular formula is C22H24N6O. The van der Waals surface area contributed by atoms with Crippen LogP contribution in [0.25, 0.3) is 0 Å². The van der Waals surface area contributed by atoms with Gasteiger partial charge in [-0.15, -0.1) is 5.10 Å². The van der Waals surface area contributed by atoms with Crippen LogP contribution in [0.1, 0.15) is 75.1 Å². The van der Waals surface area contributed by atoms with Crippen molar-refractivity contribution in [2.24, 2.45) is 0 Å². The van der Waals surface area contributed by atoms with Gasteiger partial charge < -0.3 is 5.32 Å². The van der Waals surface area contributed by atoms with Gasteiger partial charge in [-0.1, -0.05) is 12.9 Å². The van der Waals surface area contributed by atoms with Gasteiger partial charge in [-0.05, 0) is 56.4 Å². The number of rotatable bonds is 7. The third-order valence-electron chi connectivity index (χ3n) is 4.76. The third kappa shape index (κ3) is 4.45. The van der Waals surface area contributed by atoms with E-state index in [-0.39, 0.29) is 5.69 Å². The SMILES string of the molecule is [2H]C([2H])([2H])CC(=O)c1nnc(Cc2cc(C)nc(C)n2)cc1Nc1ncccc1C1CC1. The molecule has 1 N–H and O–H groups in total. The topological polar surface area (TPSA) is 93.5 Å². The van der Waals surface area contributed by atoms with Gasteiger partial charge >= 0.3 is 0 Å². The van der Waals surface area contributed by atoms with Crippen LogP contribution in [0.2, 0.25) is 0 Å². The van der Waals surface area contributed by atoms with Crippen LogP contribution in [-0.2, 0) is 6.42 Å². The number of hydrogen-bond acceptors (Lipinski definition) is 7. The van der Waals surface area contributed by atoms with Crippen LogP contribution in [0.3, 0.4) is 0 Å². The summed E-state index contributed by atoms with van der Waals surface area (Å²) in [7, 11) is 0. The molecule has 4 rings (SSSR count). The van der Waals surface area contributed by atoms with Crippen molar-refractivity contribution in [1.82, 2.24) is 25.1 Å². The van der Waals surface area contributed by atoms with E-state index >= 15 is 0 Å². The normalized spacial score (nSPS) is 15.3. The lowest BCUT2D eigenvalue weighted by atomic mass is 10.1. The lowest BCUT2D eigenvalue weighted by Gasteiger charge is -2.13. The fourth-order valence-electron chi connectivity index (χ4n) is 3.35. The molecule has 1 aliphatic carbocycles. The van der Waals surface area contributed by atoms with Crippen LogP contribution in [0.5, 0.6) is 0 Å². The number of Topliss-reactive ketones (excluding diaryl/α,β-unsaturated/α-hetero) is 1. The number of carbonyl (C=O) groups is 1. The Labute approximate surface area is 174 Å². The molecule has 0 atom stereocenters. The van der Waals surface area contributed by atoms with Gasteiger partial charge in [-0.3, -0.25) is 4.79 Å². The summed E-state index contributed by atoms with van der Waals surface area (Å²) in [6.07, 6.45) is 3.66. The van der Waals surface area contributed by atoms with E-state index in [1.165, 1.54) is 0 Å². The second-order valence-corrected chi connectivity index (χ2v) is 7.26. The van der Waals surface area contributed by atoms with Crippen LogP contribution in [0, 0.1) is 13.8 Å². The molecule has 7 nitrogen and oxygen atoms in total. The third-order valence-corrected chi connectivity index (χ3v) is 4.76. The standard InChI is InChI=1S/C22H24N6O/c1-4-20(29)21-19(26-22-18(15-7-8-15)6-5-9-23-22)12-17(27-28-21)11-16-10-13(2)24-14(3)25-16/h5-6,9-10,12,15H,4,7-8,11H2,1-3H3,(H,23,26,27)/i1D3. The molecule has 0 bridgehead atoms. The first-order valence-electron chi connectivity index (χ1n) is 11.1. The molecule has 1 aliphatic rings. The first-order chi connectivity index (χ1) is 15.2. The lowest BCUT2D eigenvalue weighted by Crippen LogP contribution is -2.11. The minimum absolute atomic E-state index is 0.00711. The summed E-state index contributed by atoms with van der Waals surface area (Å²) in [5.74, 6) is 1.15. The van der Waals surface area contributed by atoms with Crippen molar-refractivity contribution in [3.8, 4) is 0 Å². The number of nitrogens with zero attached hydrogens (tertiary/aromatic N) is 5. The fraction of sp³-hybridized carbons (Fsp3) is 0.364. The Bertz CT molecular complexity index is 1140. The van der Waals surface area contributed by atoms with Crippen molar-refractivity contribution in [2.75, 3.05) is 5.32 Å². The second-order valence-electron chi connectivity index (χ2n) is 7.26. The highest BCUT2D eigenvalue weighted by Gasteiger charge is 2.27. The quantitative estimate of drug-likeness (QED) is 0.606. The van der Waals surface area contributed by atoms with Crippen molar-refractivity contribution < 1.29 is 8.91 Å². The molecule has 0 aliphatic heterocycles. The predicted molar refractivity (Wildman–Crippen MR) is 110 cm³/mol. The van der Waals surface area contributed by atoms with Gasteiger partial charge in [-0.25, -0.2) is 15.0 Å². The van der Waals surface area contributed by atoms with Gasteiger partial charge in [0.25, 0.3) is 0 Å². The van der Waals surface area contributed by atoms with Crippen LogP contribution in [0.15, 0.2) is 30.5 Å². The summed E-state index contributed by atoms with van der Waals surface area (Å²) in [6.45, 7) is 1.33. The average Bonchev–Trinajstić information content (AvgIpc) is 3.51. The summed E-state index contributed by atoms with van der Waals surface area (Å²) < 4.78 is 22.4. The molecule has 3 aromatic heterocycles. The molecule has 29 heavy (non-hydrogen) atoms. The van der Waals surface area contributed by atoms with Crippen molar-refractivity contribution in [1.29, 1.82) is 0 Å². The van der Waals surface area contributed by atoms with Crippen LogP contribution in [0.4, 0.5) is 11.5 Å². The number of nitrogens with one attached hydrogen (secondary N) is 1. The van der Waals surface area contributed by atoms with Crippen molar-refractivity contribution >= 4 is 17.3 Å². The van der Waals surface area contributed by atoms with E-state index in [1.807, 2.05) is 32.0 Å². The van der Waals surface area contributed by atoms with Crippen LogP contribution in [-0.4, -0.2) is 30.9 Å². The van der Waals surface area contributed by atoms with E-state index in [2.05, 4.69) is 30.5 Å². The van der Waals surface area contributed by atoms with E-state index in [0.29, 0.717) is 35.4 Å². The Morgan fingerprint density at radius 1 is 1.21 bits per heavy atom. The number of carbonyl (C=O) groups excluding carboxylic acids is 1. The minimum atomic E-state index is -2.39. The van der Waals surface area contributed by atoms with Crippen molar-refractivity contribution in [2.45, 2.75) is 52.3 Å². The van der Waals surface area contributed by atoms with E-state index in [9.17, 15) is 4.79 Å². The lowest BCUT2D eigenvalue weighted by molar-refractivity contribution is 0.0983. The van der Waals surface area contributed by atoms with Gasteiger partial charge in [0.1, 0.15) is 11.6 Å². The molecule has 3 aromatic rings. The Kier molecular flexibility index (Phi) is 4.34. The zero-order chi connectivity index (χ0) is 22.9. The molecular weight excluding hydrogens is 364 g/mol. The number of aryl methyl sites for hydroxylation is 2. The van der Waals surface area contributed by atoms with Gasteiger partial charge in [0.05, 0.1) is 17.1 Å². The molecule has 0 spiro atoms. The zero-order valence-corrected chi connectivity index (χ0v) is 16.4. The van der Waals surface area contributed by atoms with E-state index < -0.39 is 19.1 Å². The maximum Gasteiger partial charge on any atom is 0.184 e. The Morgan fingerprint density at radius 3 is 2.83 bits per heavy atom. The number of aromatic nitrogens is 5. The second kappa shape index (κ2) is 8.03. The smallest absolute Gasteiger partial charge is 0.184 e. The summed E-state index contributed by atoms with van der Waals surface area (Å²) in [4.78, 5) is 25.9. The minimum Gasteiger partial charge on any atom is -0.338 e. The maximum atomic E-state index is 12.7. The number of anilines is 2. The molecule has 0 amide bonds. The molecule has 0 unspecified atom stereocenters. The van der Waals surface area contributed by atoms with E-state index in [0.717, 1.165) is 29.8 Å². The molecule has 0 radical (unpaired) electrons. The number of hydrogen-bond donors (Lipinski definition) is 1. The fourth-order valence-corrected chi connectivity index (χ4v) is 3.35. The highest BCUT2D eigenvalue weighted by molar-refractivity contribution is 5.99. The zero-order valence-electron chi connectivity index (χ0n) is 19.4. The van der Waals surface area contributed by atoms with Gasteiger partial charge in [-0.2, -0.15) is 5.10 Å². The summed E-state index contributed by atoms with van der Waals surface area (Å²) in [6, 6.07) is 7.49. The number of pyridine rings is 1. The molecule has 0 aromatic carbocycles. The molecule has 7 heteroatoms. The van der Waals surface area contributed by atoms with Gasteiger partial charge in [0.2, 0.25) is 0 Å². The van der Waals surface area contributed by atoms with Crippen LogP contribution < -0.4 is 5.32 Å². The molecule has 148 valence electrons. The van der Waals surface area contributed by atoms with E-state index in [4.69, 9.17) is 4.11 Å².